The number of amidine groups is 1. The molecule has 0 aromatic rings. The summed E-state index contributed by atoms with van der Waals surface area (Å²) in [5.74, 6) is 4.16. The van der Waals surface area contributed by atoms with Crippen LogP contribution in [0.1, 0.15) is 6.92 Å². The highest BCUT2D eigenvalue weighted by molar-refractivity contribution is 8.06. The van der Waals surface area contributed by atoms with E-state index >= 15 is 0 Å². The number of hydrogen-bond donors (Lipinski definition) is 3. The van der Waals surface area contributed by atoms with E-state index in [2.05, 4.69) is 10.5 Å². The van der Waals surface area contributed by atoms with E-state index in [1.54, 1.807) is 0 Å². The van der Waals surface area contributed by atoms with Crippen molar-refractivity contribution in [1.29, 1.82) is 0 Å². The maximum absolute atomic E-state index is 8.48. The van der Waals surface area contributed by atoms with Gasteiger partial charge >= 0.3 is 0 Å². The van der Waals surface area contributed by atoms with Crippen LogP contribution in [0, 0.1) is 5.92 Å². The minimum Gasteiger partial charge on any atom is -0.409 e. The fraction of sp³-hybridized carbons (Fsp3) is 0.889. The molecule has 0 aromatic carbocycles. The number of thioether (sulfide) groups is 2. The van der Waals surface area contributed by atoms with Crippen LogP contribution in [0.25, 0.3) is 0 Å². The summed E-state index contributed by atoms with van der Waals surface area (Å²) in [5.41, 5.74) is 5.49. The second-order valence-electron chi connectivity index (χ2n) is 3.65. The zero-order valence-electron chi connectivity index (χ0n) is 8.98. The lowest BCUT2D eigenvalue weighted by Gasteiger charge is -2.22. The average Bonchev–Trinajstić information content (AvgIpc) is 2.29. The molecular weight excluding hydrogens is 230 g/mol. The summed E-state index contributed by atoms with van der Waals surface area (Å²) in [6, 6.07) is 0. The molecule has 1 saturated heterocycles. The van der Waals surface area contributed by atoms with E-state index in [-0.39, 0.29) is 5.92 Å². The van der Waals surface area contributed by atoms with Crippen molar-refractivity contribution in [3.05, 3.63) is 0 Å². The minimum atomic E-state index is 0.0937. The summed E-state index contributed by atoms with van der Waals surface area (Å²) in [7, 11) is 0. The SMILES string of the molecule is CC(CNCC1CSCCS1)C(N)=NO. The van der Waals surface area contributed by atoms with Gasteiger partial charge in [0, 0.05) is 41.5 Å². The minimum absolute atomic E-state index is 0.0937. The molecule has 0 saturated carbocycles. The Morgan fingerprint density at radius 1 is 1.67 bits per heavy atom. The molecule has 1 aliphatic heterocycles. The molecule has 1 heterocycles. The third kappa shape index (κ3) is 4.99. The topological polar surface area (TPSA) is 70.6 Å². The van der Waals surface area contributed by atoms with Crippen LogP contribution in [-0.2, 0) is 0 Å². The second kappa shape index (κ2) is 7.24. The van der Waals surface area contributed by atoms with Gasteiger partial charge in [0.15, 0.2) is 0 Å². The van der Waals surface area contributed by atoms with E-state index in [0.29, 0.717) is 11.1 Å². The van der Waals surface area contributed by atoms with Crippen molar-refractivity contribution in [1.82, 2.24) is 5.32 Å². The summed E-state index contributed by atoms with van der Waals surface area (Å²) < 4.78 is 0. The number of nitrogens with two attached hydrogens (primary N) is 1. The number of oxime groups is 1. The van der Waals surface area contributed by atoms with Gasteiger partial charge in [-0.3, -0.25) is 0 Å². The Labute approximate surface area is 99.4 Å². The molecule has 15 heavy (non-hydrogen) atoms. The molecule has 1 fully saturated rings. The summed E-state index contributed by atoms with van der Waals surface area (Å²) >= 11 is 4.06. The fourth-order valence-electron chi connectivity index (χ4n) is 1.32. The molecule has 2 atom stereocenters. The molecule has 6 heteroatoms. The summed E-state index contributed by atoms with van der Waals surface area (Å²) in [6.45, 7) is 3.74. The van der Waals surface area contributed by atoms with Gasteiger partial charge in [-0.2, -0.15) is 23.5 Å². The van der Waals surface area contributed by atoms with Gasteiger partial charge in [0.05, 0.1) is 0 Å². The largest absolute Gasteiger partial charge is 0.409 e. The average molecular weight is 249 g/mol. The first-order valence-electron chi connectivity index (χ1n) is 5.11. The Bertz CT molecular complexity index is 208. The highest BCUT2D eigenvalue weighted by Crippen LogP contribution is 2.23. The molecule has 1 aliphatic rings. The predicted octanol–water partition coefficient (Wildman–Crippen LogP) is 0.807. The van der Waals surface area contributed by atoms with E-state index in [1.807, 2.05) is 30.4 Å². The molecule has 0 spiro atoms. The number of nitrogens with zero attached hydrogens (tertiary/aromatic N) is 1. The Morgan fingerprint density at radius 3 is 3.07 bits per heavy atom. The Kier molecular flexibility index (Phi) is 6.28. The zero-order valence-corrected chi connectivity index (χ0v) is 10.6. The van der Waals surface area contributed by atoms with Crippen molar-refractivity contribution in [3.8, 4) is 0 Å². The monoisotopic (exact) mass is 249 g/mol. The van der Waals surface area contributed by atoms with Crippen molar-refractivity contribution in [3.63, 3.8) is 0 Å². The first-order chi connectivity index (χ1) is 7.24. The Hall–Kier alpha value is -0.0700. The van der Waals surface area contributed by atoms with Crippen LogP contribution in [0.4, 0.5) is 0 Å². The van der Waals surface area contributed by atoms with Crippen molar-refractivity contribution < 1.29 is 5.21 Å². The molecule has 2 unspecified atom stereocenters. The third-order valence-corrected chi connectivity index (χ3v) is 5.17. The maximum atomic E-state index is 8.48. The molecule has 0 aliphatic carbocycles. The van der Waals surface area contributed by atoms with Crippen LogP contribution < -0.4 is 11.1 Å². The third-order valence-electron chi connectivity index (χ3n) is 2.33. The van der Waals surface area contributed by atoms with Crippen LogP contribution in [0.5, 0.6) is 0 Å². The highest BCUT2D eigenvalue weighted by Gasteiger charge is 2.14. The van der Waals surface area contributed by atoms with E-state index in [9.17, 15) is 0 Å². The standard InChI is InChI=1S/C9H19N3OS2/c1-7(9(10)12-13)4-11-5-8-6-14-2-3-15-8/h7-8,11,13H,2-6H2,1H3,(H2,10,12). The van der Waals surface area contributed by atoms with E-state index in [1.165, 1.54) is 17.3 Å². The molecule has 0 radical (unpaired) electrons. The van der Waals surface area contributed by atoms with Gasteiger partial charge in [0.2, 0.25) is 0 Å². The molecule has 1 rings (SSSR count). The van der Waals surface area contributed by atoms with Crippen LogP contribution in [0.2, 0.25) is 0 Å². The number of nitrogens with one attached hydrogen (secondary N) is 1. The Morgan fingerprint density at radius 2 is 2.47 bits per heavy atom. The number of hydrogen-bond acceptors (Lipinski definition) is 5. The van der Waals surface area contributed by atoms with Gasteiger partial charge in [-0.1, -0.05) is 12.1 Å². The van der Waals surface area contributed by atoms with E-state index < -0.39 is 0 Å². The van der Waals surface area contributed by atoms with Crippen LogP contribution in [0.15, 0.2) is 5.16 Å². The van der Waals surface area contributed by atoms with E-state index in [4.69, 9.17) is 10.9 Å². The van der Waals surface area contributed by atoms with Gasteiger partial charge in [-0.25, -0.2) is 0 Å². The smallest absolute Gasteiger partial charge is 0.143 e. The van der Waals surface area contributed by atoms with Gasteiger partial charge in [-0.05, 0) is 0 Å². The molecule has 0 amide bonds. The molecule has 0 aromatic heterocycles. The summed E-state index contributed by atoms with van der Waals surface area (Å²) in [5, 5.41) is 15.6. The lowest BCUT2D eigenvalue weighted by atomic mass is 10.1. The lowest BCUT2D eigenvalue weighted by Crippen LogP contribution is -2.36. The molecule has 0 bridgehead atoms. The van der Waals surface area contributed by atoms with Gasteiger partial charge in [-0.15, -0.1) is 0 Å². The van der Waals surface area contributed by atoms with Crippen molar-refractivity contribution in [2.75, 3.05) is 30.3 Å². The van der Waals surface area contributed by atoms with Crippen LogP contribution >= 0.6 is 23.5 Å². The van der Waals surface area contributed by atoms with Gasteiger partial charge in [0.1, 0.15) is 5.84 Å². The first kappa shape index (κ1) is 13.0. The number of rotatable bonds is 5. The summed E-state index contributed by atoms with van der Waals surface area (Å²) in [6.07, 6.45) is 0. The van der Waals surface area contributed by atoms with Gasteiger partial charge in [0.25, 0.3) is 0 Å². The highest BCUT2D eigenvalue weighted by atomic mass is 32.2. The summed E-state index contributed by atoms with van der Waals surface area (Å²) in [4.78, 5) is 0. The van der Waals surface area contributed by atoms with Crippen molar-refractivity contribution >= 4 is 29.4 Å². The second-order valence-corrected chi connectivity index (χ2v) is 6.21. The lowest BCUT2D eigenvalue weighted by molar-refractivity contribution is 0.314. The van der Waals surface area contributed by atoms with Crippen molar-refractivity contribution in [2.45, 2.75) is 12.2 Å². The van der Waals surface area contributed by atoms with Crippen LogP contribution in [-0.4, -0.2) is 46.6 Å². The zero-order chi connectivity index (χ0) is 11.1. The fourth-order valence-corrected chi connectivity index (χ4v) is 3.96. The van der Waals surface area contributed by atoms with Gasteiger partial charge < -0.3 is 16.3 Å². The predicted molar refractivity (Wildman–Crippen MR) is 69.0 cm³/mol. The Balaban J connectivity index is 2.09. The van der Waals surface area contributed by atoms with Crippen LogP contribution in [0.3, 0.4) is 0 Å². The quantitative estimate of drug-likeness (QED) is 0.291. The first-order valence-corrected chi connectivity index (χ1v) is 7.32. The normalized spacial score (nSPS) is 25.1. The molecule has 88 valence electrons. The van der Waals surface area contributed by atoms with Crippen molar-refractivity contribution in [2.24, 2.45) is 16.8 Å². The maximum Gasteiger partial charge on any atom is 0.143 e. The molecule has 4 N–H and O–H groups in total. The van der Waals surface area contributed by atoms with E-state index in [0.717, 1.165) is 13.1 Å². The molecular formula is C9H19N3OS2. The molecule has 4 nitrogen and oxygen atoms in total.